The zero-order valence-electron chi connectivity index (χ0n) is 6.00. The molecule has 1 aromatic heterocycles. The van der Waals surface area contributed by atoms with Crippen molar-refractivity contribution in [3.05, 3.63) is 17.5 Å². The highest BCUT2D eigenvalue weighted by molar-refractivity contribution is 5.05. The van der Waals surface area contributed by atoms with Gasteiger partial charge in [0.15, 0.2) is 0 Å². The Kier molecular flexibility index (Phi) is 2.03. The minimum Gasteiger partial charge on any atom is -0.361 e. The number of hydrogen-bond acceptors (Lipinski definition) is 4. The van der Waals surface area contributed by atoms with Gasteiger partial charge in [0.25, 0.3) is 0 Å². The predicted octanol–water partition coefficient (Wildman–Crippen LogP) is 0.934. The third-order valence-electron chi connectivity index (χ3n) is 1.27. The van der Waals surface area contributed by atoms with E-state index in [9.17, 15) is 0 Å². The van der Waals surface area contributed by atoms with E-state index in [-0.39, 0.29) is 6.10 Å². The molecule has 4 heteroatoms. The molecular formula is C6H10N2O2. The fraction of sp³-hybridized carbons (Fsp3) is 0.500. The molecule has 1 heterocycles. The second kappa shape index (κ2) is 2.81. The van der Waals surface area contributed by atoms with E-state index in [1.807, 2.05) is 6.92 Å². The van der Waals surface area contributed by atoms with Gasteiger partial charge in [-0.1, -0.05) is 5.16 Å². The molecule has 0 saturated carbocycles. The van der Waals surface area contributed by atoms with Gasteiger partial charge in [-0.15, -0.1) is 0 Å². The largest absolute Gasteiger partial charge is 0.361 e. The van der Waals surface area contributed by atoms with Gasteiger partial charge in [0.2, 0.25) is 0 Å². The highest BCUT2D eigenvalue weighted by Crippen LogP contribution is 2.13. The first-order valence-electron chi connectivity index (χ1n) is 3.03. The van der Waals surface area contributed by atoms with Crippen LogP contribution in [0, 0.1) is 6.92 Å². The second-order valence-corrected chi connectivity index (χ2v) is 2.14. The Labute approximate surface area is 58.9 Å². The van der Waals surface area contributed by atoms with Crippen LogP contribution in [0.5, 0.6) is 0 Å². The summed E-state index contributed by atoms with van der Waals surface area (Å²) in [5, 5.41) is 3.71. The van der Waals surface area contributed by atoms with Crippen LogP contribution in [0.3, 0.4) is 0 Å². The van der Waals surface area contributed by atoms with Crippen LogP contribution in [0.4, 0.5) is 0 Å². The third kappa shape index (κ3) is 1.34. The fourth-order valence-electron chi connectivity index (χ4n) is 0.647. The molecule has 1 rings (SSSR count). The Morgan fingerprint density at radius 2 is 2.50 bits per heavy atom. The van der Waals surface area contributed by atoms with Crippen LogP contribution >= 0.6 is 0 Å². The van der Waals surface area contributed by atoms with Crippen molar-refractivity contribution in [2.45, 2.75) is 20.0 Å². The van der Waals surface area contributed by atoms with E-state index in [2.05, 4.69) is 9.99 Å². The van der Waals surface area contributed by atoms with Crippen molar-refractivity contribution in [3.8, 4) is 0 Å². The minimum absolute atomic E-state index is 0.197. The van der Waals surface area contributed by atoms with E-state index >= 15 is 0 Å². The van der Waals surface area contributed by atoms with Crippen molar-refractivity contribution in [3.63, 3.8) is 0 Å². The molecule has 1 unspecified atom stereocenters. The standard InChI is InChI=1S/C6H10N2O2/c1-4-3-6(8-10-4)5(2)9-7/h3,5H,7H2,1-2H3. The fourth-order valence-corrected chi connectivity index (χ4v) is 0.647. The summed E-state index contributed by atoms with van der Waals surface area (Å²) in [7, 11) is 0. The van der Waals surface area contributed by atoms with Crippen molar-refractivity contribution in [2.75, 3.05) is 0 Å². The van der Waals surface area contributed by atoms with E-state index in [1.54, 1.807) is 13.0 Å². The smallest absolute Gasteiger partial charge is 0.134 e. The van der Waals surface area contributed by atoms with Gasteiger partial charge in [0, 0.05) is 6.07 Å². The van der Waals surface area contributed by atoms with Crippen LogP contribution < -0.4 is 5.90 Å². The van der Waals surface area contributed by atoms with E-state index in [0.29, 0.717) is 0 Å². The number of hydrogen-bond donors (Lipinski definition) is 1. The van der Waals surface area contributed by atoms with Crippen molar-refractivity contribution in [1.29, 1.82) is 0 Å². The van der Waals surface area contributed by atoms with Gasteiger partial charge in [-0.25, -0.2) is 5.90 Å². The maximum Gasteiger partial charge on any atom is 0.134 e. The number of aryl methyl sites for hydroxylation is 1. The van der Waals surface area contributed by atoms with Gasteiger partial charge in [0.1, 0.15) is 17.6 Å². The monoisotopic (exact) mass is 142 g/mol. The lowest BCUT2D eigenvalue weighted by molar-refractivity contribution is 0.0611. The summed E-state index contributed by atoms with van der Waals surface area (Å²) in [6.07, 6.45) is -0.197. The van der Waals surface area contributed by atoms with Crippen LogP contribution in [0.2, 0.25) is 0 Å². The Balaban J connectivity index is 2.74. The molecule has 0 aromatic carbocycles. The van der Waals surface area contributed by atoms with Crippen LogP contribution in [-0.4, -0.2) is 5.16 Å². The third-order valence-corrected chi connectivity index (χ3v) is 1.27. The summed E-state index contributed by atoms with van der Waals surface area (Å²) in [4.78, 5) is 4.53. The van der Waals surface area contributed by atoms with Gasteiger partial charge in [0.05, 0.1) is 0 Å². The van der Waals surface area contributed by atoms with Gasteiger partial charge in [-0.3, -0.25) is 4.84 Å². The molecule has 0 aliphatic heterocycles. The highest BCUT2D eigenvalue weighted by Gasteiger charge is 2.08. The molecule has 4 nitrogen and oxygen atoms in total. The van der Waals surface area contributed by atoms with Gasteiger partial charge in [-0.05, 0) is 13.8 Å². The number of rotatable bonds is 2. The van der Waals surface area contributed by atoms with Crippen LogP contribution in [0.15, 0.2) is 10.6 Å². The average Bonchev–Trinajstić information content (AvgIpc) is 2.34. The first kappa shape index (κ1) is 7.24. The molecule has 1 atom stereocenters. The van der Waals surface area contributed by atoms with Crippen molar-refractivity contribution < 1.29 is 9.36 Å². The minimum atomic E-state index is -0.197. The molecule has 10 heavy (non-hydrogen) atoms. The summed E-state index contributed by atoms with van der Waals surface area (Å²) in [5.41, 5.74) is 0.722. The van der Waals surface area contributed by atoms with E-state index in [1.165, 1.54) is 0 Å². The van der Waals surface area contributed by atoms with Crippen LogP contribution in [0.1, 0.15) is 24.5 Å². The second-order valence-electron chi connectivity index (χ2n) is 2.14. The normalized spacial score (nSPS) is 13.5. The number of nitrogens with zero attached hydrogens (tertiary/aromatic N) is 1. The molecule has 0 amide bonds. The summed E-state index contributed by atoms with van der Waals surface area (Å²) in [6.45, 7) is 3.62. The SMILES string of the molecule is Cc1cc(C(C)ON)no1. The maximum atomic E-state index is 4.93. The summed E-state index contributed by atoms with van der Waals surface area (Å²) < 4.78 is 4.80. The quantitative estimate of drug-likeness (QED) is 0.624. The lowest BCUT2D eigenvalue weighted by atomic mass is 10.3. The van der Waals surface area contributed by atoms with Crippen molar-refractivity contribution in [2.24, 2.45) is 5.90 Å². The Morgan fingerprint density at radius 1 is 1.80 bits per heavy atom. The number of aromatic nitrogens is 1. The average molecular weight is 142 g/mol. The van der Waals surface area contributed by atoms with Crippen molar-refractivity contribution in [1.82, 2.24) is 5.16 Å². The molecule has 0 fully saturated rings. The molecular weight excluding hydrogens is 132 g/mol. The van der Waals surface area contributed by atoms with Crippen molar-refractivity contribution >= 4 is 0 Å². The molecule has 0 aliphatic carbocycles. The first-order valence-corrected chi connectivity index (χ1v) is 3.03. The van der Waals surface area contributed by atoms with E-state index in [0.717, 1.165) is 11.5 Å². The van der Waals surface area contributed by atoms with Gasteiger partial charge in [-0.2, -0.15) is 0 Å². The molecule has 0 bridgehead atoms. The van der Waals surface area contributed by atoms with Gasteiger partial charge >= 0.3 is 0 Å². The number of nitrogens with two attached hydrogens (primary N) is 1. The van der Waals surface area contributed by atoms with Gasteiger partial charge < -0.3 is 4.52 Å². The lowest BCUT2D eigenvalue weighted by Gasteiger charge is -2.00. The molecule has 2 N–H and O–H groups in total. The molecule has 56 valence electrons. The molecule has 0 spiro atoms. The lowest BCUT2D eigenvalue weighted by Crippen LogP contribution is -2.05. The summed E-state index contributed by atoms with van der Waals surface area (Å²) in [6, 6.07) is 1.79. The Hall–Kier alpha value is -0.870. The topological polar surface area (TPSA) is 61.3 Å². The van der Waals surface area contributed by atoms with Crippen LogP contribution in [-0.2, 0) is 4.84 Å². The first-order chi connectivity index (χ1) is 4.74. The Morgan fingerprint density at radius 3 is 2.90 bits per heavy atom. The molecule has 0 aliphatic rings. The maximum absolute atomic E-state index is 4.93. The summed E-state index contributed by atoms with van der Waals surface area (Å²) >= 11 is 0. The van der Waals surface area contributed by atoms with Crippen LogP contribution in [0.25, 0.3) is 0 Å². The highest BCUT2D eigenvalue weighted by atomic mass is 16.6. The molecule has 0 radical (unpaired) electrons. The predicted molar refractivity (Wildman–Crippen MR) is 34.9 cm³/mol. The zero-order valence-corrected chi connectivity index (χ0v) is 6.00. The van der Waals surface area contributed by atoms with E-state index < -0.39 is 0 Å². The Bertz CT molecular complexity index is 209. The molecule has 1 aromatic rings. The molecule has 0 saturated heterocycles. The zero-order chi connectivity index (χ0) is 7.56. The van der Waals surface area contributed by atoms with E-state index in [4.69, 9.17) is 10.4 Å². The summed E-state index contributed by atoms with van der Waals surface area (Å²) in [5.74, 6) is 5.69.